The number of hydrogen-bond acceptors (Lipinski definition) is 3. The summed E-state index contributed by atoms with van der Waals surface area (Å²) >= 11 is 0. The molecule has 2 heterocycles. The van der Waals surface area contributed by atoms with Crippen molar-refractivity contribution in [2.45, 2.75) is 32.7 Å². The summed E-state index contributed by atoms with van der Waals surface area (Å²) in [7, 11) is 0. The third kappa shape index (κ3) is 1.50. The molecule has 0 unspecified atom stereocenters. The summed E-state index contributed by atoms with van der Waals surface area (Å²) < 4.78 is 2.17. The fraction of sp³-hybridized carbons (Fsp3) is 0.417. The van der Waals surface area contributed by atoms with Crippen molar-refractivity contribution in [2.24, 2.45) is 0 Å². The van der Waals surface area contributed by atoms with E-state index >= 15 is 0 Å². The number of pyridine rings is 1. The van der Waals surface area contributed by atoms with Gasteiger partial charge in [-0.15, -0.1) is 10.2 Å². The van der Waals surface area contributed by atoms with Gasteiger partial charge in [0, 0.05) is 23.0 Å². The topological polar surface area (TPSA) is 43.6 Å². The Balaban J connectivity index is 2.10. The van der Waals surface area contributed by atoms with Crippen LogP contribution in [0.5, 0.6) is 0 Å². The van der Waals surface area contributed by atoms with Gasteiger partial charge in [-0.05, 0) is 38.8 Å². The molecule has 3 rings (SSSR count). The van der Waals surface area contributed by atoms with Crippen molar-refractivity contribution in [3.05, 3.63) is 29.8 Å². The minimum absolute atomic E-state index is 0.603. The molecule has 2 aromatic rings. The van der Waals surface area contributed by atoms with Gasteiger partial charge in [0.1, 0.15) is 6.33 Å². The maximum atomic E-state index is 4.47. The highest BCUT2D eigenvalue weighted by molar-refractivity contribution is 5.58. The monoisotopic (exact) mass is 214 g/mol. The summed E-state index contributed by atoms with van der Waals surface area (Å²) in [5.41, 5.74) is 3.16. The highest BCUT2D eigenvalue weighted by atomic mass is 15.3. The summed E-state index contributed by atoms with van der Waals surface area (Å²) in [6.45, 7) is 4.02. The molecule has 0 atom stereocenters. The number of nitrogens with zero attached hydrogens (tertiary/aromatic N) is 4. The van der Waals surface area contributed by atoms with Crippen molar-refractivity contribution in [2.75, 3.05) is 0 Å². The van der Waals surface area contributed by atoms with E-state index in [9.17, 15) is 0 Å². The third-order valence-electron chi connectivity index (χ3n) is 2.98. The van der Waals surface area contributed by atoms with Crippen LogP contribution >= 0.6 is 0 Å². The Bertz CT molecular complexity index is 526. The van der Waals surface area contributed by atoms with E-state index in [1.54, 1.807) is 0 Å². The predicted molar refractivity (Wildman–Crippen MR) is 61.0 cm³/mol. The lowest BCUT2D eigenvalue weighted by molar-refractivity contribution is 0.745. The van der Waals surface area contributed by atoms with Crippen LogP contribution in [0.15, 0.2) is 18.5 Å². The van der Waals surface area contributed by atoms with Crippen LogP contribution in [-0.2, 0) is 0 Å². The average molecular weight is 214 g/mol. The first-order valence-electron chi connectivity index (χ1n) is 5.60. The first-order chi connectivity index (χ1) is 7.75. The molecule has 4 heteroatoms. The van der Waals surface area contributed by atoms with Gasteiger partial charge in [0.25, 0.3) is 0 Å². The molecule has 1 fully saturated rings. The number of aryl methyl sites for hydroxylation is 2. The number of aromatic nitrogens is 4. The summed E-state index contributed by atoms with van der Waals surface area (Å²) in [5, 5.41) is 8.22. The maximum absolute atomic E-state index is 4.47. The quantitative estimate of drug-likeness (QED) is 0.770. The van der Waals surface area contributed by atoms with Gasteiger partial charge in [-0.1, -0.05) is 0 Å². The van der Waals surface area contributed by atoms with E-state index in [2.05, 4.69) is 25.8 Å². The van der Waals surface area contributed by atoms with Crippen LogP contribution in [-0.4, -0.2) is 19.7 Å². The van der Waals surface area contributed by atoms with E-state index < -0.39 is 0 Å². The molecule has 0 aromatic carbocycles. The van der Waals surface area contributed by atoms with Crippen LogP contribution in [0.1, 0.15) is 30.3 Å². The summed E-state index contributed by atoms with van der Waals surface area (Å²) in [6, 6.07) is 4.71. The fourth-order valence-electron chi connectivity index (χ4n) is 1.98. The summed E-state index contributed by atoms with van der Waals surface area (Å²) in [4.78, 5) is 4.47. The van der Waals surface area contributed by atoms with Crippen molar-refractivity contribution in [3.63, 3.8) is 0 Å². The standard InChI is InChI=1S/C12H14N4/c1-8-3-6-11(9(2)14-8)12-15-13-7-16(12)10-4-5-10/h3,6-7,10H,4-5H2,1-2H3. The second-order valence-corrected chi connectivity index (χ2v) is 4.38. The Kier molecular flexibility index (Phi) is 2.02. The van der Waals surface area contributed by atoms with Gasteiger partial charge in [-0.25, -0.2) is 0 Å². The normalized spacial score (nSPS) is 15.4. The highest BCUT2D eigenvalue weighted by Crippen LogP contribution is 2.37. The molecule has 4 nitrogen and oxygen atoms in total. The van der Waals surface area contributed by atoms with Crippen molar-refractivity contribution in [1.82, 2.24) is 19.7 Å². The predicted octanol–water partition coefficient (Wildman–Crippen LogP) is 2.29. The Morgan fingerprint density at radius 3 is 2.75 bits per heavy atom. The fourth-order valence-corrected chi connectivity index (χ4v) is 1.98. The minimum Gasteiger partial charge on any atom is -0.310 e. The third-order valence-corrected chi connectivity index (χ3v) is 2.98. The SMILES string of the molecule is Cc1ccc(-c2nncn2C2CC2)c(C)n1. The average Bonchev–Trinajstić information content (AvgIpc) is 2.98. The lowest BCUT2D eigenvalue weighted by Crippen LogP contribution is -1.99. The van der Waals surface area contributed by atoms with Crippen LogP contribution in [0.2, 0.25) is 0 Å². The first-order valence-corrected chi connectivity index (χ1v) is 5.60. The van der Waals surface area contributed by atoms with Gasteiger partial charge in [-0.3, -0.25) is 4.98 Å². The van der Waals surface area contributed by atoms with Gasteiger partial charge in [-0.2, -0.15) is 0 Å². The van der Waals surface area contributed by atoms with E-state index in [0.29, 0.717) is 6.04 Å². The van der Waals surface area contributed by atoms with Crippen LogP contribution in [0.4, 0.5) is 0 Å². The van der Waals surface area contributed by atoms with E-state index in [1.807, 2.05) is 26.2 Å². The van der Waals surface area contributed by atoms with Crippen molar-refractivity contribution in [3.8, 4) is 11.4 Å². The molecule has 0 radical (unpaired) electrons. The van der Waals surface area contributed by atoms with Crippen LogP contribution in [0, 0.1) is 13.8 Å². The smallest absolute Gasteiger partial charge is 0.165 e. The van der Waals surface area contributed by atoms with Gasteiger partial charge in [0.05, 0.1) is 0 Å². The van der Waals surface area contributed by atoms with Gasteiger partial charge < -0.3 is 4.57 Å². The van der Waals surface area contributed by atoms with Crippen molar-refractivity contribution >= 4 is 0 Å². The van der Waals surface area contributed by atoms with E-state index in [0.717, 1.165) is 22.8 Å². The zero-order chi connectivity index (χ0) is 11.1. The molecular weight excluding hydrogens is 200 g/mol. The molecular formula is C12H14N4. The van der Waals surface area contributed by atoms with Gasteiger partial charge in [0.15, 0.2) is 5.82 Å². The molecule has 0 amide bonds. The minimum atomic E-state index is 0.603. The summed E-state index contributed by atoms with van der Waals surface area (Å²) in [6.07, 6.45) is 4.30. The molecule has 1 saturated carbocycles. The molecule has 1 aliphatic carbocycles. The first kappa shape index (κ1) is 9.51. The van der Waals surface area contributed by atoms with Crippen molar-refractivity contribution < 1.29 is 0 Å². The highest BCUT2D eigenvalue weighted by Gasteiger charge is 2.27. The summed E-state index contributed by atoms with van der Waals surface area (Å²) in [5.74, 6) is 0.951. The second-order valence-electron chi connectivity index (χ2n) is 4.38. The molecule has 0 spiro atoms. The Morgan fingerprint density at radius 1 is 1.25 bits per heavy atom. The van der Waals surface area contributed by atoms with E-state index in [-0.39, 0.29) is 0 Å². The number of rotatable bonds is 2. The van der Waals surface area contributed by atoms with Crippen LogP contribution < -0.4 is 0 Å². The largest absolute Gasteiger partial charge is 0.310 e. The van der Waals surface area contributed by atoms with Gasteiger partial charge in [0.2, 0.25) is 0 Å². The van der Waals surface area contributed by atoms with Crippen molar-refractivity contribution in [1.29, 1.82) is 0 Å². The molecule has 2 aromatic heterocycles. The van der Waals surface area contributed by atoms with E-state index in [4.69, 9.17) is 0 Å². The molecule has 0 bridgehead atoms. The zero-order valence-corrected chi connectivity index (χ0v) is 9.51. The Labute approximate surface area is 94.4 Å². The molecule has 0 saturated heterocycles. The molecule has 82 valence electrons. The Morgan fingerprint density at radius 2 is 2.06 bits per heavy atom. The molecule has 0 aliphatic heterocycles. The lowest BCUT2D eigenvalue weighted by atomic mass is 10.1. The molecule has 0 N–H and O–H groups in total. The van der Waals surface area contributed by atoms with Crippen LogP contribution in [0.3, 0.4) is 0 Å². The van der Waals surface area contributed by atoms with E-state index in [1.165, 1.54) is 12.8 Å². The lowest BCUT2D eigenvalue weighted by Gasteiger charge is -2.07. The van der Waals surface area contributed by atoms with Gasteiger partial charge >= 0.3 is 0 Å². The van der Waals surface area contributed by atoms with Crippen LogP contribution in [0.25, 0.3) is 11.4 Å². The molecule has 16 heavy (non-hydrogen) atoms. The number of hydrogen-bond donors (Lipinski definition) is 0. The molecule has 1 aliphatic rings. The maximum Gasteiger partial charge on any atom is 0.165 e. The zero-order valence-electron chi connectivity index (χ0n) is 9.51. The second kappa shape index (κ2) is 3.40. The Hall–Kier alpha value is -1.71.